The average Bonchev–Trinajstić information content (AvgIpc) is 3.13. The second-order valence-electron chi connectivity index (χ2n) is 4.51. The molecule has 0 saturated heterocycles. The van der Waals surface area contributed by atoms with Gasteiger partial charge in [-0.25, -0.2) is 0 Å². The molecule has 0 amide bonds. The summed E-state index contributed by atoms with van der Waals surface area (Å²) in [6.45, 7) is 0. The lowest BCUT2D eigenvalue weighted by Gasteiger charge is -2.27. The third-order valence-electron chi connectivity index (χ3n) is 3.27. The van der Waals surface area contributed by atoms with Gasteiger partial charge in [0.25, 0.3) is 0 Å². The fraction of sp³-hybridized carbons (Fsp3) is 0.538. The molecule has 1 N–H and O–H groups in total. The number of hydrogen-bond donors (Lipinski definition) is 1. The molecule has 0 bridgehead atoms. The van der Waals surface area contributed by atoms with E-state index < -0.39 is 0 Å². The molecule has 1 fully saturated rings. The summed E-state index contributed by atoms with van der Waals surface area (Å²) < 4.78 is 5.43. The molecule has 0 aromatic heterocycles. The van der Waals surface area contributed by atoms with Crippen molar-refractivity contribution in [3.8, 4) is 5.75 Å². The molecule has 1 unspecified atom stereocenters. The van der Waals surface area contributed by atoms with Crippen molar-refractivity contribution in [3.63, 3.8) is 0 Å². The van der Waals surface area contributed by atoms with E-state index in [1.54, 1.807) is 7.11 Å². The number of fused-ring (bicyclic) bond motifs is 1. The van der Waals surface area contributed by atoms with Crippen molar-refractivity contribution >= 4 is 11.8 Å². The van der Waals surface area contributed by atoms with Gasteiger partial charge in [0.1, 0.15) is 5.75 Å². The van der Waals surface area contributed by atoms with Crippen molar-refractivity contribution in [1.82, 2.24) is 5.32 Å². The van der Waals surface area contributed by atoms with Crippen LogP contribution in [0, 0.1) is 0 Å². The summed E-state index contributed by atoms with van der Waals surface area (Å²) in [5, 5.41) is 3.73. The van der Waals surface area contributed by atoms with Gasteiger partial charge >= 0.3 is 0 Å². The Hall–Kier alpha value is -0.670. The maximum atomic E-state index is 5.43. The Labute approximate surface area is 101 Å². The quantitative estimate of drug-likeness (QED) is 0.870. The average molecular weight is 235 g/mol. The molecular formula is C13H17NOS. The Morgan fingerprint density at radius 2 is 2.19 bits per heavy atom. The van der Waals surface area contributed by atoms with Crippen molar-refractivity contribution in [1.29, 1.82) is 0 Å². The minimum absolute atomic E-state index is 0.541. The number of benzene rings is 1. The summed E-state index contributed by atoms with van der Waals surface area (Å²) in [5.41, 5.74) is 1.43. The normalized spacial score (nSPS) is 23.9. The van der Waals surface area contributed by atoms with E-state index in [1.165, 1.54) is 35.5 Å². The van der Waals surface area contributed by atoms with Gasteiger partial charge in [-0.2, -0.15) is 0 Å². The van der Waals surface area contributed by atoms with Gasteiger partial charge in [-0.3, -0.25) is 0 Å². The predicted molar refractivity (Wildman–Crippen MR) is 67.2 cm³/mol. The second-order valence-corrected chi connectivity index (χ2v) is 5.61. The van der Waals surface area contributed by atoms with E-state index in [1.807, 2.05) is 11.8 Å². The van der Waals surface area contributed by atoms with E-state index >= 15 is 0 Å². The number of ether oxygens (including phenoxy) is 1. The Balaban J connectivity index is 1.91. The van der Waals surface area contributed by atoms with Crippen LogP contribution in [0.15, 0.2) is 23.1 Å². The van der Waals surface area contributed by atoms with E-state index in [-0.39, 0.29) is 0 Å². The van der Waals surface area contributed by atoms with Crippen LogP contribution < -0.4 is 10.1 Å². The van der Waals surface area contributed by atoms with Crippen molar-refractivity contribution < 1.29 is 4.74 Å². The molecule has 1 aromatic carbocycles. The minimum atomic E-state index is 0.541. The summed E-state index contributed by atoms with van der Waals surface area (Å²) in [5.74, 6) is 2.22. The molecule has 16 heavy (non-hydrogen) atoms. The lowest BCUT2D eigenvalue weighted by atomic mass is 10.0. The van der Waals surface area contributed by atoms with Crippen molar-refractivity contribution in [3.05, 3.63) is 23.8 Å². The SMILES string of the molecule is COc1cccc2c1SCCC2NC1CC1. The summed E-state index contributed by atoms with van der Waals surface area (Å²) in [7, 11) is 1.76. The molecule has 3 rings (SSSR count). The van der Waals surface area contributed by atoms with Crippen LogP contribution in [-0.2, 0) is 0 Å². The van der Waals surface area contributed by atoms with E-state index in [2.05, 4.69) is 23.5 Å². The van der Waals surface area contributed by atoms with Crippen LogP contribution in [0.2, 0.25) is 0 Å². The van der Waals surface area contributed by atoms with Crippen LogP contribution in [0.5, 0.6) is 5.75 Å². The van der Waals surface area contributed by atoms with Gasteiger partial charge < -0.3 is 10.1 Å². The van der Waals surface area contributed by atoms with Gasteiger partial charge in [-0.05, 0) is 36.6 Å². The van der Waals surface area contributed by atoms with Crippen molar-refractivity contribution in [2.75, 3.05) is 12.9 Å². The molecule has 86 valence electrons. The lowest BCUT2D eigenvalue weighted by Crippen LogP contribution is -2.26. The molecule has 3 heteroatoms. The molecule has 1 atom stereocenters. The van der Waals surface area contributed by atoms with Crippen LogP contribution in [0.3, 0.4) is 0 Å². The number of rotatable bonds is 3. The first-order chi connectivity index (χ1) is 7.88. The molecule has 1 aliphatic carbocycles. The van der Waals surface area contributed by atoms with Crippen LogP contribution in [0.25, 0.3) is 0 Å². The first kappa shape index (κ1) is 10.5. The minimum Gasteiger partial charge on any atom is -0.496 e. The van der Waals surface area contributed by atoms with E-state index in [0.29, 0.717) is 6.04 Å². The summed E-state index contributed by atoms with van der Waals surface area (Å²) >= 11 is 1.93. The second kappa shape index (κ2) is 4.30. The Kier molecular flexibility index (Phi) is 2.82. The first-order valence-electron chi connectivity index (χ1n) is 5.94. The van der Waals surface area contributed by atoms with Crippen molar-refractivity contribution in [2.45, 2.75) is 36.2 Å². The Bertz CT molecular complexity index is 390. The molecule has 1 aromatic rings. The fourth-order valence-electron chi connectivity index (χ4n) is 2.26. The monoisotopic (exact) mass is 235 g/mol. The summed E-state index contributed by atoms with van der Waals surface area (Å²) in [6, 6.07) is 7.71. The highest BCUT2D eigenvalue weighted by molar-refractivity contribution is 7.99. The lowest BCUT2D eigenvalue weighted by molar-refractivity contribution is 0.399. The highest BCUT2D eigenvalue weighted by atomic mass is 32.2. The van der Waals surface area contributed by atoms with E-state index in [0.717, 1.165) is 11.8 Å². The summed E-state index contributed by atoms with van der Waals surface area (Å²) in [4.78, 5) is 1.34. The maximum absolute atomic E-state index is 5.43. The topological polar surface area (TPSA) is 21.3 Å². The van der Waals surface area contributed by atoms with Gasteiger partial charge in [0.05, 0.1) is 12.0 Å². The zero-order chi connectivity index (χ0) is 11.0. The maximum Gasteiger partial charge on any atom is 0.132 e. The molecule has 2 nitrogen and oxygen atoms in total. The fourth-order valence-corrected chi connectivity index (χ4v) is 3.49. The highest BCUT2D eigenvalue weighted by Gasteiger charge is 2.29. The standard InChI is InChI=1S/C13H17NOS/c1-15-12-4-2-3-10-11(14-9-5-6-9)7-8-16-13(10)12/h2-4,9,11,14H,5-8H2,1H3. The smallest absolute Gasteiger partial charge is 0.132 e. The predicted octanol–water partition coefficient (Wildman–Crippen LogP) is 2.98. The van der Waals surface area contributed by atoms with E-state index in [9.17, 15) is 0 Å². The first-order valence-corrected chi connectivity index (χ1v) is 6.93. The van der Waals surface area contributed by atoms with Gasteiger partial charge in [0, 0.05) is 12.1 Å². The molecule has 0 spiro atoms. The number of nitrogens with one attached hydrogen (secondary N) is 1. The number of hydrogen-bond acceptors (Lipinski definition) is 3. The Morgan fingerprint density at radius 3 is 2.94 bits per heavy atom. The molecule has 1 aliphatic heterocycles. The van der Waals surface area contributed by atoms with Crippen LogP contribution in [0.4, 0.5) is 0 Å². The van der Waals surface area contributed by atoms with E-state index in [4.69, 9.17) is 4.74 Å². The molecule has 1 saturated carbocycles. The molecular weight excluding hydrogens is 218 g/mol. The largest absolute Gasteiger partial charge is 0.496 e. The van der Waals surface area contributed by atoms with Gasteiger partial charge in [0.15, 0.2) is 0 Å². The zero-order valence-corrected chi connectivity index (χ0v) is 10.3. The van der Waals surface area contributed by atoms with Gasteiger partial charge in [0.2, 0.25) is 0 Å². The van der Waals surface area contributed by atoms with Crippen LogP contribution >= 0.6 is 11.8 Å². The number of methoxy groups -OCH3 is 1. The van der Waals surface area contributed by atoms with Gasteiger partial charge in [-0.15, -0.1) is 11.8 Å². The molecule has 2 aliphatic rings. The highest BCUT2D eigenvalue weighted by Crippen LogP contribution is 2.42. The van der Waals surface area contributed by atoms with Crippen LogP contribution in [0.1, 0.15) is 30.9 Å². The summed E-state index contributed by atoms with van der Waals surface area (Å²) in [6.07, 6.45) is 3.94. The van der Waals surface area contributed by atoms with Crippen molar-refractivity contribution in [2.24, 2.45) is 0 Å². The third kappa shape index (κ3) is 1.94. The number of thioether (sulfide) groups is 1. The molecule has 0 radical (unpaired) electrons. The molecule has 1 heterocycles. The van der Waals surface area contributed by atoms with Gasteiger partial charge in [-0.1, -0.05) is 12.1 Å². The Morgan fingerprint density at radius 1 is 1.31 bits per heavy atom. The van der Waals surface area contributed by atoms with Crippen LogP contribution in [-0.4, -0.2) is 18.9 Å². The zero-order valence-electron chi connectivity index (χ0n) is 9.53. The third-order valence-corrected chi connectivity index (χ3v) is 4.44.